The molecule has 0 heterocycles. The first-order valence-electron chi connectivity index (χ1n) is 6.75. The average Bonchev–Trinajstić information content (AvgIpc) is 2.37. The number of nitrogens with two attached hydrogens (primary N) is 1. The fourth-order valence-corrected chi connectivity index (χ4v) is 2.04. The SMILES string of the molecule is COCCN(C(=O)c1ccc(N(C)C)c(N)c1)C(C)C. The van der Waals surface area contributed by atoms with Gasteiger partial charge in [-0.25, -0.2) is 0 Å². The van der Waals surface area contributed by atoms with Crippen LogP contribution in [-0.2, 0) is 4.74 Å². The van der Waals surface area contributed by atoms with Crippen LogP contribution in [0.1, 0.15) is 24.2 Å². The van der Waals surface area contributed by atoms with Crippen LogP contribution in [0.4, 0.5) is 11.4 Å². The molecule has 5 nitrogen and oxygen atoms in total. The van der Waals surface area contributed by atoms with Gasteiger partial charge >= 0.3 is 0 Å². The van der Waals surface area contributed by atoms with E-state index in [2.05, 4.69) is 0 Å². The van der Waals surface area contributed by atoms with Crippen LogP contribution < -0.4 is 10.6 Å². The maximum Gasteiger partial charge on any atom is 0.254 e. The first-order valence-corrected chi connectivity index (χ1v) is 6.75. The van der Waals surface area contributed by atoms with Gasteiger partial charge in [0.1, 0.15) is 0 Å². The monoisotopic (exact) mass is 279 g/mol. The number of hydrogen-bond acceptors (Lipinski definition) is 4. The van der Waals surface area contributed by atoms with E-state index >= 15 is 0 Å². The number of anilines is 2. The Morgan fingerprint density at radius 2 is 2.00 bits per heavy atom. The number of amides is 1. The summed E-state index contributed by atoms with van der Waals surface area (Å²) in [6.07, 6.45) is 0. The molecule has 1 amide bonds. The van der Waals surface area contributed by atoms with E-state index in [-0.39, 0.29) is 11.9 Å². The van der Waals surface area contributed by atoms with Crippen molar-refractivity contribution in [1.82, 2.24) is 4.90 Å². The van der Waals surface area contributed by atoms with Crippen LogP contribution in [0, 0.1) is 0 Å². The van der Waals surface area contributed by atoms with Gasteiger partial charge in [0.25, 0.3) is 5.91 Å². The standard InChI is InChI=1S/C15H25N3O2/c1-11(2)18(8-9-20-5)15(19)12-6-7-14(17(3)4)13(16)10-12/h6-7,10-11H,8-9,16H2,1-5H3. The Morgan fingerprint density at radius 3 is 2.45 bits per heavy atom. The molecule has 0 atom stereocenters. The Kier molecular flexibility index (Phi) is 5.82. The van der Waals surface area contributed by atoms with Gasteiger partial charge in [-0.05, 0) is 32.0 Å². The summed E-state index contributed by atoms with van der Waals surface area (Å²) < 4.78 is 5.06. The van der Waals surface area contributed by atoms with Gasteiger partial charge in [0.15, 0.2) is 0 Å². The van der Waals surface area contributed by atoms with Crippen LogP contribution in [0.5, 0.6) is 0 Å². The predicted octanol–water partition coefficient (Wildman–Crippen LogP) is 1.83. The summed E-state index contributed by atoms with van der Waals surface area (Å²) in [5.74, 6) is -0.0194. The van der Waals surface area contributed by atoms with Crippen LogP contribution >= 0.6 is 0 Å². The summed E-state index contributed by atoms with van der Waals surface area (Å²) in [4.78, 5) is 16.2. The van der Waals surface area contributed by atoms with Crippen molar-refractivity contribution in [2.75, 3.05) is 45.0 Å². The smallest absolute Gasteiger partial charge is 0.254 e. The van der Waals surface area contributed by atoms with Crippen LogP contribution in [0.2, 0.25) is 0 Å². The number of nitrogens with zero attached hydrogens (tertiary/aromatic N) is 2. The zero-order valence-electron chi connectivity index (χ0n) is 13.0. The molecule has 2 N–H and O–H groups in total. The Bertz CT molecular complexity index is 458. The minimum absolute atomic E-state index is 0.0194. The van der Waals surface area contributed by atoms with E-state index in [0.717, 1.165) is 5.69 Å². The lowest BCUT2D eigenvalue weighted by Crippen LogP contribution is -2.39. The van der Waals surface area contributed by atoms with Crippen molar-refractivity contribution in [2.45, 2.75) is 19.9 Å². The molecule has 0 saturated heterocycles. The first-order chi connectivity index (χ1) is 9.38. The molecule has 5 heteroatoms. The highest BCUT2D eigenvalue weighted by atomic mass is 16.5. The highest BCUT2D eigenvalue weighted by Crippen LogP contribution is 2.23. The number of benzene rings is 1. The molecule has 112 valence electrons. The maximum atomic E-state index is 12.5. The molecule has 1 rings (SSSR count). The lowest BCUT2D eigenvalue weighted by atomic mass is 10.1. The number of methoxy groups -OCH3 is 1. The zero-order valence-corrected chi connectivity index (χ0v) is 13.0. The Hall–Kier alpha value is -1.75. The van der Waals surface area contributed by atoms with E-state index in [1.165, 1.54) is 0 Å². The van der Waals surface area contributed by atoms with E-state index in [1.54, 1.807) is 18.1 Å². The van der Waals surface area contributed by atoms with Gasteiger partial charge in [0.05, 0.1) is 18.0 Å². The molecule has 1 aromatic carbocycles. The van der Waals surface area contributed by atoms with Crippen LogP contribution in [0.15, 0.2) is 18.2 Å². The fourth-order valence-electron chi connectivity index (χ4n) is 2.04. The normalized spacial score (nSPS) is 10.7. The highest BCUT2D eigenvalue weighted by Gasteiger charge is 2.19. The van der Waals surface area contributed by atoms with Crippen molar-refractivity contribution in [3.8, 4) is 0 Å². The van der Waals surface area contributed by atoms with Gasteiger partial charge in [-0.15, -0.1) is 0 Å². The molecule has 0 spiro atoms. The number of hydrogen-bond donors (Lipinski definition) is 1. The van der Waals surface area contributed by atoms with Crippen molar-refractivity contribution in [2.24, 2.45) is 0 Å². The third-order valence-corrected chi connectivity index (χ3v) is 3.18. The van der Waals surface area contributed by atoms with Gasteiger partial charge in [0.2, 0.25) is 0 Å². The number of nitrogen functional groups attached to an aromatic ring is 1. The highest BCUT2D eigenvalue weighted by molar-refractivity contribution is 5.96. The van der Waals surface area contributed by atoms with Crippen molar-refractivity contribution in [3.63, 3.8) is 0 Å². The summed E-state index contributed by atoms with van der Waals surface area (Å²) in [7, 11) is 5.48. The van der Waals surface area contributed by atoms with Crippen molar-refractivity contribution in [3.05, 3.63) is 23.8 Å². The fraction of sp³-hybridized carbons (Fsp3) is 0.533. The van der Waals surface area contributed by atoms with Gasteiger partial charge in [0, 0.05) is 39.4 Å². The number of rotatable bonds is 6. The summed E-state index contributed by atoms with van der Waals surface area (Å²) in [5, 5.41) is 0. The molecule has 0 unspecified atom stereocenters. The summed E-state index contributed by atoms with van der Waals surface area (Å²) in [6, 6.07) is 5.54. The number of carbonyl (C=O) groups is 1. The van der Waals surface area contributed by atoms with E-state index in [4.69, 9.17) is 10.5 Å². The molecule has 1 aromatic rings. The third kappa shape index (κ3) is 3.87. The largest absolute Gasteiger partial charge is 0.397 e. The van der Waals surface area contributed by atoms with Crippen LogP contribution in [0.3, 0.4) is 0 Å². The zero-order chi connectivity index (χ0) is 15.3. The third-order valence-electron chi connectivity index (χ3n) is 3.18. The number of ether oxygens (including phenoxy) is 1. The molecular weight excluding hydrogens is 254 g/mol. The second-order valence-corrected chi connectivity index (χ2v) is 5.25. The van der Waals surface area contributed by atoms with Gasteiger partial charge in [-0.1, -0.05) is 0 Å². The van der Waals surface area contributed by atoms with E-state index in [0.29, 0.717) is 24.4 Å². The summed E-state index contributed by atoms with van der Waals surface area (Å²) in [5.41, 5.74) is 8.13. The Labute approximate surface area is 121 Å². The van der Waals surface area contributed by atoms with Crippen LogP contribution in [-0.4, -0.2) is 51.2 Å². The van der Waals surface area contributed by atoms with Crippen molar-refractivity contribution >= 4 is 17.3 Å². The van der Waals surface area contributed by atoms with Crippen LogP contribution in [0.25, 0.3) is 0 Å². The Morgan fingerprint density at radius 1 is 1.35 bits per heavy atom. The van der Waals surface area contributed by atoms with Gasteiger partial charge in [-0.3, -0.25) is 4.79 Å². The second-order valence-electron chi connectivity index (χ2n) is 5.25. The number of carbonyl (C=O) groups excluding carboxylic acids is 1. The van der Waals surface area contributed by atoms with E-state index in [9.17, 15) is 4.79 Å². The molecule has 0 aliphatic heterocycles. The molecule has 0 radical (unpaired) electrons. The average molecular weight is 279 g/mol. The molecule has 0 bridgehead atoms. The van der Waals surface area contributed by atoms with Crippen molar-refractivity contribution in [1.29, 1.82) is 0 Å². The topological polar surface area (TPSA) is 58.8 Å². The predicted molar refractivity (Wildman–Crippen MR) is 83.2 cm³/mol. The lowest BCUT2D eigenvalue weighted by Gasteiger charge is -2.27. The summed E-state index contributed by atoms with van der Waals surface area (Å²) in [6.45, 7) is 5.08. The molecule has 0 aliphatic rings. The quantitative estimate of drug-likeness (QED) is 0.807. The van der Waals surface area contributed by atoms with E-state index in [1.807, 2.05) is 45.0 Å². The van der Waals surface area contributed by atoms with E-state index < -0.39 is 0 Å². The Balaban J connectivity index is 2.97. The first kappa shape index (κ1) is 16.3. The molecule has 0 saturated carbocycles. The summed E-state index contributed by atoms with van der Waals surface area (Å²) >= 11 is 0. The minimum atomic E-state index is -0.0194. The molecule has 0 aromatic heterocycles. The van der Waals surface area contributed by atoms with Crippen molar-refractivity contribution < 1.29 is 9.53 Å². The minimum Gasteiger partial charge on any atom is -0.397 e. The molecule has 0 fully saturated rings. The molecule has 0 aliphatic carbocycles. The van der Waals surface area contributed by atoms with Gasteiger partial charge in [-0.2, -0.15) is 0 Å². The lowest BCUT2D eigenvalue weighted by molar-refractivity contribution is 0.0635. The van der Waals surface area contributed by atoms with Gasteiger partial charge < -0.3 is 20.3 Å². The maximum absolute atomic E-state index is 12.5. The second kappa shape index (κ2) is 7.14. The molecular formula is C15H25N3O2. The molecule has 20 heavy (non-hydrogen) atoms.